The van der Waals surface area contributed by atoms with Gasteiger partial charge in [0.2, 0.25) is 5.88 Å². The summed E-state index contributed by atoms with van der Waals surface area (Å²) in [5.41, 5.74) is 6.25. The fourth-order valence-electron chi connectivity index (χ4n) is 1.52. The lowest BCUT2D eigenvalue weighted by Crippen LogP contribution is -2.30. The normalized spacial score (nSPS) is 10.7. The summed E-state index contributed by atoms with van der Waals surface area (Å²) < 4.78 is 5.50. The molecule has 1 aromatic rings. The monoisotopic (exact) mass is 255 g/mol. The van der Waals surface area contributed by atoms with E-state index in [1.807, 2.05) is 13.8 Å². The van der Waals surface area contributed by atoms with Gasteiger partial charge in [-0.1, -0.05) is 0 Å². The average Bonchev–Trinajstić information content (AvgIpc) is 2.31. The third-order valence-electron chi connectivity index (χ3n) is 2.29. The first-order valence-electron chi connectivity index (χ1n) is 5.98. The second-order valence-electron chi connectivity index (χ2n) is 4.16. The molecule has 102 valence electrons. The predicted molar refractivity (Wildman–Crippen MR) is 70.8 cm³/mol. The summed E-state index contributed by atoms with van der Waals surface area (Å²) in [4.78, 5) is 6.08. The van der Waals surface area contributed by atoms with Crippen molar-refractivity contribution >= 4 is 11.5 Å². The van der Waals surface area contributed by atoms with Crippen molar-refractivity contribution in [3.63, 3.8) is 0 Å². The zero-order valence-electron chi connectivity index (χ0n) is 10.8. The molecule has 0 atom stereocenters. The Kier molecular flexibility index (Phi) is 5.67. The maximum absolute atomic E-state index is 8.99. The van der Waals surface area contributed by atoms with Gasteiger partial charge in [-0.15, -0.1) is 0 Å². The van der Waals surface area contributed by atoms with E-state index in [0.29, 0.717) is 30.5 Å². The summed E-state index contributed by atoms with van der Waals surface area (Å²) in [5, 5.41) is 18.0. The van der Waals surface area contributed by atoms with E-state index in [4.69, 9.17) is 20.7 Å². The van der Waals surface area contributed by atoms with Gasteiger partial charge in [0.1, 0.15) is 5.82 Å². The van der Waals surface area contributed by atoms with E-state index in [1.54, 1.807) is 17.0 Å². The fraction of sp³-hybridized carbons (Fsp3) is 0.583. The van der Waals surface area contributed by atoms with E-state index in [-0.39, 0.29) is 19.3 Å². The van der Waals surface area contributed by atoms with Crippen LogP contribution in [0.4, 0.5) is 11.5 Å². The molecule has 1 heterocycles. The summed E-state index contributed by atoms with van der Waals surface area (Å²) in [6.45, 7) is 4.58. The molecule has 4 N–H and O–H groups in total. The highest BCUT2D eigenvalue weighted by Gasteiger charge is 2.11. The van der Waals surface area contributed by atoms with Crippen LogP contribution < -0.4 is 15.4 Å². The minimum atomic E-state index is -0.0146. The Hall–Kier alpha value is -1.53. The fourth-order valence-corrected chi connectivity index (χ4v) is 1.52. The molecule has 0 radical (unpaired) electrons. The zero-order valence-corrected chi connectivity index (χ0v) is 10.8. The number of aliphatic hydroxyl groups is 2. The largest absolute Gasteiger partial charge is 0.473 e. The molecule has 0 unspecified atom stereocenters. The maximum atomic E-state index is 8.99. The minimum Gasteiger partial charge on any atom is -0.473 e. The molecule has 0 aromatic carbocycles. The lowest BCUT2D eigenvalue weighted by Gasteiger charge is -2.23. The molecule has 0 aliphatic rings. The molecule has 18 heavy (non-hydrogen) atoms. The number of rotatable bonds is 7. The third kappa shape index (κ3) is 4.05. The van der Waals surface area contributed by atoms with E-state index >= 15 is 0 Å². The number of nitrogens with zero attached hydrogens (tertiary/aromatic N) is 2. The molecule has 0 saturated carbocycles. The average molecular weight is 255 g/mol. The highest BCUT2D eigenvalue weighted by Crippen LogP contribution is 2.23. The Labute approximate surface area is 107 Å². The van der Waals surface area contributed by atoms with Crippen molar-refractivity contribution < 1.29 is 14.9 Å². The van der Waals surface area contributed by atoms with Crippen molar-refractivity contribution in [1.82, 2.24) is 4.98 Å². The number of hydrogen-bond acceptors (Lipinski definition) is 6. The van der Waals surface area contributed by atoms with Gasteiger partial charge in [0.25, 0.3) is 0 Å². The Morgan fingerprint density at radius 2 is 1.89 bits per heavy atom. The maximum Gasteiger partial charge on any atom is 0.239 e. The van der Waals surface area contributed by atoms with Gasteiger partial charge in [0, 0.05) is 13.1 Å². The van der Waals surface area contributed by atoms with E-state index in [1.165, 1.54) is 0 Å². The Balaban J connectivity index is 2.93. The third-order valence-corrected chi connectivity index (χ3v) is 2.29. The van der Waals surface area contributed by atoms with Crippen molar-refractivity contribution in [2.75, 3.05) is 36.9 Å². The number of aromatic nitrogens is 1. The molecule has 1 rings (SSSR count). The smallest absolute Gasteiger partial charge is 0.239 e. The molecule has 0 bridgehead atoms. The quantitative estimate of drug-likeness (QED) is 0.646. The highest BCUT2D eigenvalue weighted by atomic mass is 16.5. The second-order valence-corrected chi connectivity index (χ2v) is 4.16. The number of aliphatic hydroxyl groups excluding tert-OH is 2. The highest BCUT2D eigenvalue weighted by molar-refractivity contribution is 5.54. The van der Waals surface area contributed by atoms with Gasteiger partial charge in [0.05, 0.1) is 25.0 Å². The summed E-state index contributed by atoms with van der Waals surface area (Å²) in [7, 11) is 0. The lowest BCUT2D eigenvalue weighted by molar-refractivity contribution is 0.234. The molecule has 6 nitrogen and oxygen atoms in total. The molecular weight excluding hydrogens is 234 g/mol. The van der Waals surface area contributed by atoms with Gasteiger partial charge in [-0.2, -0.15) is 4.98 Å². The van der Waals surface area contributed by atoms with E-state index in [9.17, 15) is 0 Å². The van der Waals surface area contributed by atoms with Gasteiger partial charge in [0.15, 0.2) is 0 Å². The molecular formula is C12H21N3O3. The number of nitrogen functional groups attached to an aromatic ring is 1. The summed E-state index contributed by atoms with van der Waals surface area (Å²) >= 11 is 0. The molecule has 1 aromatic heterocycles. The van der Waals surface area contributed by atoms with E-state index < -0.39 is 0 Å². The number of hydrogen-bond donors (Lipinski definition) is 3. The van der Waals surface area contributed by atoms with Crippen LogP contribution in [-0.2, 0) is 0 Å². The van der Waals surface area contributed by atoms with E-state index in [2.05, 4.69) is 4.98 Å². The van der Waals surface area contributed by atoms with Crippen LogP contribution in [0.15, 0.2) is 12.1 Å². The summed E-state index contributed by atoms with van der Waals surface area (Å²) in [6.07, 6.45) is -0.0146. The molecule has 0 amide bonds. The van der Waals surface area contributed by atoms with E-state index in [0.717, 1.165) is 0 Å². The van der Waals surface area contributed by atoms with Crippen LogP contribution >= 0.6 is 0 Å². The van der Waals surface area contributed by atoms with Crippen molar-refractivity contribution in [3.8, 4) is 5.88 Å². The van der Waals surface area contributed by atoms with Gasteiger partial charge in [-0.3, -0.25) is 0 Å². The molecule has 0 spiro atoms. The predicted octanol–water partition coefficient (Wildman–Crippen LogP) is 0.242. The first kappa shape index (κ1) is 14.5. The molecule has 0 aliphatic carbocycles. The van der Waals surface area contributed by atoms with Crippen molar-refractivity contribution in [3.05, 3.63) is 12.1 Å². The molecule has 0 fully saturated rings. The first-order chi connectivity index (χ1) is 8.58. The number of pyridine rings is 1. The SMILES string of the molecule is CC(C)Oc1nc(N(CCO)CCO)ccc1N. The van der Waals surface area contributed by atoms with Crippen LogP contribution in [0.3, 0.4) is 0 Å². The van der Waals surface area contributed by atoms with Crippen LogP contribution in [0.25, 0.3) is 0 Å². The van der Waals surface area contributed by atoms with Gasteiger partial charge in [-0.05, 0) is 26.0 Å². The van der Waals surface area contributed by atoms with Crippen molar-refractivity contribution in [2.24, 2.45) is 0 Å². The number of nitrogens with two attached hydrogens (primary N) is 1. The summed E-state index contributed by atoms with van der Waals surface area (Å²) in [5.74, 6) is 1.01. The Morgan fingerprint density at radius 1 is 1.28 bits per heavy atom. The second kappa shape index (κ2) is 7.03. The lowest BCUT2D eigenvalue weighted by atomic mass is 10.3. The van der Waals surface area contributed by atoms with Gasteiger partial charge in [-0.25, -0.2) is 0 Å². The number of ether oxygens (including phenoxy) is 1. The molecule has 0 saturated heterocycles. The zero-order chi connectivity index (χ0) is 13.5. The molecule has 0 aliphatic heterocycles. The van der Waals surface area contributed by atoms with Gasteiger partial charge >= 0.3 is 0 Å². The topological polar surface area (TPSA) is 91.8 Å². The van der Waals surface area contributed by atoms with Crippen LogP contribution in [-0.4, -0.2) is 47.6 Å². The standard InChI is InChI=1S/C12H21N3O3/c1-9(2)18-12-10(13)3-4-11(14-12)15(5-7-16)6-8-17/h3-4,9,16-17H,5-8,13H2,1-2H3. The van der Waals surface area contributed by atoms with Crippen molar-refractivity contribution in [1.29, 1.82) is 0 Å². The Bertz CT molecular complexity index is 366. The van der Waals surface area contributed by atoms with Crippen LogP contribution in [0.2, 0.25) is 0 Å². The number of anilines is 2. The minimum absolute atomic E-state index is 0.00751. The van der Waals surface area contributed by atoms with Crippen LogP contribution in [0.1, 0.15) is 13.8 Å². The summed E-state index contributed by atoms with van der Waals surface area (Å²) in [6, 6.07) is 3.45. The Morgan fingerprint density at radius 3 is 2.39 bits per heavy atom. The molecule has 6 heteroatoms. The van der Waals surface area contributed by atoms with Crippen LogP contribution in [0, 0.1) is 0 Å². The first-order valence-corrected chi connectivity index (χ1v) is 5.98. The van der Waals surface area contributed by atoms with Crippen LogP contribution in [0.5, 0.6) is 5.88 Å². The van der Waals surface area contributed by atoms with Crippen molar-refractivity contribution in [2.45, 2.75) is 20.0 Å². The van der Waals surface area contributed by atoms with Gasteiger partial charge < -0.3 is 25.6 Å².